The molecule has 0 aromatic carbocycles. The first-order valence-electron chi connectivity index (χ1n) is 4.65. The van der Waals surface area contributed by atoms with Gasteiger partial charge in [-0.25, -0.2) is 0 Å². The van der Waals surface area contributed by atoms with Gasteiger partial charge in [0.1, 0.15) is 0 Å². The molecule has 0 aliphatic heterocycles. The highest BCUT2D eigenvalue weighted by Gasteiger charge is 2.11. The molecule has 0 spiro atoms. The third-order valence-electron chi connectivity index (χ3n) is 1.97. The Hall–Kier alpha value is -0.920. The number of hydrogen-bond donors (Lipinski definition) is 1. The summed E-state index contributed by atoms with van der Waals surface area (Å²) in [4.78, 5) is 3.12. The van der Waals surface area contributed by atoms with Crippen molar-refractivity contribution in [2.75, 3.05) is 11.9 Å². The van der Waals surface area contributed by atoms with Gasteiger partial charge in [0.2, 0.25) is 5.89 Å². The topological polar surface area (TPSA) is 68.2 Å². The quantitative estimate of drug-likeness (QED) is 0.935. The number of halogens is 1. The average Bonchev–Trinajstić information content (AvgIpc) is 2.87. The van der Waals surface area contributed by atoms with Gasteiger partial charge >= 0.3 is 6.01 Å². The molecule has 2 rings (SSSR count). The van der Waals surface area contributed by atoms with Crippen LogP contribution in [-0.4, -0.2) is 17.2 Å². The van der Waals surface area contributed by atoms with Crippen LogP contribution >= 0.6 is 27.3 Å². The molecule has 0 saturated carbocycles. The Morgan fingerprint density at radius 3 is 2.94 bits per heavy atom. The maximum atomic E-state index is 5.40. The molecule has 2 aromatic heterocycles. The largest absolute Gasteiger partial charge is 0.407 e. The van der Waals surface area contributed by atoms with Crippen molar-refractivity contribution in [3.05, 3.63) is 26.7 Å². The minimum Gasteiger partial charge on any atom is -0.407 e. The Balaban J connectivity index is 2.05. The summed E-state index contributed by atoms with van der Waals surface area (Å²) in [6, 6.07) is 2.56. The van der Waals surface area contributed by atoms with E-state index in [2.05, 4.69) is 32.2 Å². The van der Waals surface area contributed by atoms with Crippen molar-refractivity contribution in [1.29, 1.82) is 0 Å². The summed E-state index contributed by atoms with van der Waals surface area (Å²) in [5.41, 5.74) is 5.40. The van der Waals surface area contributed by atoms with Crippen molar-refractivity contribution in [1.82, 2.24) is 10.2 Å². The Morgan fingerprint density at radius 2 is 2.38 bits per heavy atom. The highest BCUT2D eigenvalue weighted by molar-refractivity contribution is 9.10. The van der Waals surface area contributed by atoms with Gasteiger partial charge in [0.05, 0.1) is 13.1 Å². The van der Waals surface area contributed by atoms with E-state index in [1.54, 1.807) is 11.3 Å². The molecule has 86 valence electrons. The molecule has 2 heterocycles. The van der Waals surface area contributed by atoms with Crippen LogP contribution in [0.3, 0.4) is 0 Å². The van der Waals surface area contributed by atoms with Crippen LogP contribution < -0.4 is 10.6 Å². The third kappa shape index (κ3) is 2.60. The second kappa shape index (κ2) is 4.94. The summed E-state index contributed by atoms with van der Waals surface area (Å²) in [6.07, 6.45) is 0. The lowest BCUT2D eigenvalue weighted by atomic mass is 10.4. The first-order valence-corrected chi connectivity index (χ1v) is 6.33. The molecule has 0 saturated heterocycles. The fourth-order valence-corrected chi connectivity index (χ4v) is 2.72. The molecular formula is C9H11BrN4OS. The zero-order chi connectivity index (χ0) is 11.5. The fourth-order valence-electron chi connectivity index (χ4n) is 1.22. The summed E-state index contributed by atoms with van der Waals surface area (Å²) in [5.74, 6) is 0.453. The Bertz CT molecular complexity index is 470. The molecule has 0 fully saturated rings. The van der Waals surface area contributed by atoms with Gasteiger partial charge < -0.3 is 15.1 Å². The lowest BCUT2D eigenvalue weighted by molar-refractivity contribution is 0.491. The van der Waals surface area contributed by atoms with E-state index in [9.17, 15) is 0 Å². The number of hydrogen-bond acceptors (Lipinski definition) is 6. The predicted octanol–water partition coefficient (Wildman–Crippen LogP) is 1.99. The van der Waals surface area contributed by atoms with E-state index < -0.39 is 0 Å². The molecule has 2 N–H and O–H groups in total. The molecule has 0 aliphatic rings. The minimum absolute atomic E-state index is 0.269. The molecule has 0 radical (unpaired) electrons. The number of rotatable bonds is 4. The zero-order valence-electron chi connectivity index (χ0n) is 8.68. The first-order chi connectivity index (χ1) is 7.69. The van der Waals surface area contributed by atoms with E-state index in [0.29, 0.717) is 11.9 Å². The molecule has 0 aliphatic carbocycles. The lowest BCUT2D eigenvalue weighted by Crippen LogP contribution is -2.15. The van der Waals surface area contributed by atoms with Crippen LogP contribution in [0, 0.1) is 0 Å². The fraction of sp³-hybridized carbons (Fsp3) is 0.333. The Labute approximate surface area is 105 Å². The van der Waals surface area contributed by atoms with Crippen molar-refractivity contribution in [2.24, 2.45) is 5.73 Å². The molecule has 0 bridgehead atoms. The third-order valence-corrected chi connectivity index (χ3v) is 3.65. The van der Waals surface area contributed by atoms with Gasteiger partial charge in [-0.1, -0.05) is 5.10 Å². The van der Waals surface area contributed by atoms with Crippen molar-refractivity contribution < 1.29 is 4.42 Å². The first kappa shape index (κ1) is 11.6. The predicted molar refractivity (Wildman–Crippen MR) is 66.3 cm³/mol. The van der Waals surface area contributed by atoms with E-state index in [0.717, 1.165) is 11.0 Å². The van der Waals surface area contributed by atoms with Crippen molar-refractivity contribution in [3.63, 3.8) is 0 Å². The minimum atomic E-state index is 0.269. The monoisotopic (exact) mass is 302 g/mol. The molecule has 16 heavy (non-hydrogen) atoms. The van der Waals surface area contributed by atoms with Crippen LogP contribution in [0.5, 0.6) is 0 Å². The van der Waals surface area contributed by atoms with Crippen LogP contribution in [0.4, 0.5) is 6.01 Å². The van der Waals surface area contributed by atoms with Crippen LogP contribution in [0.15, 0.2) is 20.3 Å². The zero-order valence-corrected chi connectivity index (χ0v) is 11.1. The second-order valence-electron chi connectivity index (χ2n) is 3.27. The summed E-state index contributed by atoms with van der Waals surface area (Å²) >= 11 is 5.10. The Morgan fingerprint density at radius 1 is 1.56 bits per heavy atom. The van der Waals surface area contributed by atoms with Crippen LogP contribution in [-0.2, 0) is 13.1 Å². The van der Waals surface area contributed by atoms with E-state index >= 15 is 0 Å². The van der Waals surface area contributed by atoms with E-state index in [-0.39, 0.29) is 6.54 Å². The van der Waals surface area contributed by atoms with E-state index in [1.165, 1.54) is 4.88 Å². The molecule has 0 unspecified atom stereocenters. The number of nitrogens with zero attached hydrogens (tertiary/aromatic N) is 3. The molecular weight excluding hydrogens is 292 g/mol. The normalized spacial score (nSPS) is 10.7. The average molecular weight is 303 g/mol. The number of nitrogens with two attached hydrogens (primary N) is 1. The van der Waals surface area contributed by atoms with Gasteiger partial charge in [-0.2, -0.15) is 0 Å². The maximum Gasteiger partial charge on any atom is 0.318 e. The van der Waals surface area contributed by atoms with Gasteiger partial charge in [-0.15, -0.1) is 16.4 Å². The van der Waals surface area contributed by atoms with Gasteiger partial charge in [0, 0.05) is 21.8 Å². The highest BCUT2D eigenvalue weighted by atomic mass is 79.9. The molecule has 5 nitrogen and oxygen atoms in total. The van der Waals surface area contributed by atoms with Crippen molar-refractivity contribution in [3.8, 4) is 0 Å². The standard InChI is InChI=1S/C9H11BrN4OS/c1-14(4-7-2-6(10)5-16-7)9-13-12-8(3-11)15-9/h2,5H,3-4,11H2,1H3. The smallest absolute Gasteiger partial charge is 0.318 e. The SMILES string of the molecule is CN(Cc1cc(Br)cs1)c1nnc(CN)o1. The van der Waals surface area contributed by atoms with Gasteiger partial charge in [-0.05, 0) is 22.0 Å². The molecule has 7 heteroatoms. The van der Waals surface area contributed by atoms with Gasteiger partial charge in [-0.3, -0.25) is 0 Å². The van der Waals surface area contributed by atoms with Crippen LogP contribution in [0.1, 0.15) is 10.8 Å². The van der Waals surface area contributed by atoms with Gasteiger partial charge in [0.15, 0.2) is 0 Å². The summed E-state index contributed by atoms with van der Waals surface area (Å²) in [5, 5.41) is 9.77. The van der Waals surface area contributed by atoms with E-state index in [4.69, 9.17) is 10.2 Å². The second-order valence-corrected chi connectivity index (χ2v) is 5.18. The van der Waals surface area contributed by atoms with Gasteiger partial charge in [0.25, 0.3) is 0 Å². The molecule has 0 atom stereocenters. The summed E-state index contributed by atoms with van der Waals surface area (Å²) in [6.45, 7) is 1.01. The van der Waals surface area contributed by atoms with Crippen LogP contribution in [0.2, 0.25) is 0 Å². The van der Waals surface area contributed by atoms with E-state index in [1.807, 2.05) is 17.3 Å². The molecule has 0 amide bonds. The molecule has 2 aromatic rings. The van der Waals surface area contributed by atoms with Crippen LogP contribution in [0.25, 0.3) is 0 Å². The summed E-state index contributed by atoms with van der Waals surface area (Å²) < 4.78 is 6.44. The number of anilines is 1. The Kier molecular flexibility index (Phi) is 3.57. The number of aromatic nitrogens is 2. The lowest BCUT2D eigenvalue weighted by Gasteiger charge is -2.11. The van der Waals surface area contributed by atoms with Crippen molar-refractivity contribution in [2.45, 2.75) is 13.1 Å². The number of thiophene rings is 1. The van der Waals surface area contributed by atoms with Crippen molar-refractivity contribution >= 4 is 33.3 Å². The highest BCUT2D eigenvalue weighted by Crippen LogP contribution is 2.22. The maximum absolute atomic E-state index is 5.40. The summed E-state index contributed by atoms with van der Waals surface area (Å²) in [7, 11) is 1.90.